The average molecular weight is 425 g/mol. The number of nitrogens with zero attached hydrogens (tertiary/aromatic N) is 4. The van der Waals surface area contributed by atoms with E-state index in [-0.39, 0.29) is 24.0 Å². The number of hydrogen-bond acceptors (Lipinski definition) is 5. The van der Waals surface area contributed by atoms with Crippen LogP contribution in [0.1, 0.15) is 5.56 Å². The van der Waals surface area contributed by atoms with Crippen LogP contribution in [0.25, 0.3) is 16.7 Å². The molecule has 0 fully saturated rings. The van der Waals surface area contributed by atoms with E-state index < -0.39 is 5.69 Å². The van der Waals surface area contributed by atoms with Crippen LogP contribution in [0.2, 0.25) is 0 Å². The van der Waals surface area contributed by atoms with Crippen molar-refractivity contribution < 1.29 is 9.53 Å². The molecule has 32 heavy (non-hydrogen) atoms. The van der Waals surface area contributed by atoms with E-state index in [2.05, 4.69) is 15.4 Å². The van der Waals surface area contributed by atoms with Crippen molar-refractivity contribution in [3.63, 3.8) is 0 Å². The molecule has 0 spiro atoms. The fraction of sp³-hybridized carbons (Fsp3) is 0.0833. The normalized spacial score (nSPS) is 11.0. The predicted molar refractivity (Wildman–Crippen MR) is 121 cm³/mol. The zero-order valence-electron chi connectivity index (χ0n) is 17.2. The zero-order valence-corrected chi connectivity index (χ0v) is 17.2. The number of anilines is 1. The number of carbonyl (C=O) groups excluding carboxylic acids is 1. The molecule has 0 radical (unpaired) electrons. The molecule has 0 atom stereocenters. The second-order valence-corrected chi connectivity index (χ2v) is 7.29. The molecule has 158 valence electrons. The summed E-state index contributed by atoms with van der Waals surface area (Å²) in [6, 6.07) is 23.8. The Morgan fingerprint density at radius 3 is 2.50 bits per heavy atom. The minimum Gasteiger partial charge on any atom is -0.436 e. The lowest BCUT2D eigenvalue weighted by Gasteiger charge is -2.09. The van der Waals surface area contributed by atoms with Gasteiger partial charge in [0.05, 0.1) is 11.0 Å². The SMILES string of the molecule is Cc1ccccc1Oc1nc2ccccc2n2c(=O)n(CC(=O)Nc3ccccc3)nc12. The van der Waals surface area contributed by atoms with Crippen molar-refractivity contribution in [3.8, 4) is 11.6 Å². The Labute approximate surface area is 182 Å². The molecule has 0 aliphatic heterocycles. The van der Waals surface area contributed by atoms with Crippen LogP contribution in [0.5, 0.6) is 11.6 Å². The first kappa shape index (κ1) is 19.5. The number of aromatic nitrogens is 4. The number of rotatable bonds is 5. The number of ether oxygens (including phenoxy) is 1. The molecule has 8 heteroatoms. The van der Waals surface area contributed by atoms with E-state index in [1.165, 1.54) is 4.40 Å². The highest BCUT2D eigenvalue weighted by molar-refractivity contribution is 5.90. The molecule has 0 saturated heterocycles. The van der Waals surface area contributed by atoms with Gasteiger partial charge in [0.1, 0.15) is 12.3 Å². The standard InChI is InChI=1S/C24H19N5O3/c1-16-9-5-8-14-20(16)32-23-22-27-28(15-21(30)25-17-10-3-2-4-11-17)24(31)29(22)19-13-7-6-12-18(19)26-23/h2-14H,15H2,1H3,(H,25,30). The largest absolute Gasteiger partial charge is 0.436 e. The topological polar surface area (TPSA) is 90.5 Å². The Morgan fingerprint density at radius 1 is 0.969 bits per heavy atom. The van der Waals surface area contributed by atoms with Gasteiger partial charge in [0.25, 0.3) is 5.88 Å². The smallest absolute Gasteiger partial charge is 0.351 e. The Morgan fingerprint density at radius 2 is 1.69 bits per heavy atom. The van der Waals surface area contributed by atoms with E-state index in [4.69, 9.17) is 4.74 Å². The first-order valence-corrected chi connectivity index (χ1v) is 10.1. The van der Waals surface area contributed by atoms with E-state index in [1.54, 1.807) is 24.3 Å². The number of fused-ring (bicyclic) bond motifs is 3. The van der Waals surface area contributed by atoms with Crippen LogP contribution >= 0.6 is 0 Å². The van der Waals surface area contributed by atoms with Crippen molar-refractivity contribution in [1.29, 1.82) is 0 Å². The van der Waals surface area contributed by atoms with Crippen molar-refractivity contribution in [2.24, 2.45) is 0 Å². The maximum atomic E-state index is 13.2. The molecule has 8 nitrogen and oxygen atoms in total. The van der Waals surface area contributed by atoms with Gasteiger partial charge in [-0.3, -0.25) is 4.79 Å². The summed E-state index contributed by atoms with van der Waals surface area (Å²) in [6.07, 6.45) is 0. The highest BCUT2D eigenvalue weighted by Crippen LogP contribution is 2.27. The summed E-state index contributed by atoms with van der Waals surface area (Å²) in [6.45, 7) is 1.68. The first-order chi connectivity index (χ1) is 15.6. The fourth-order valence-corrected chi connectivity index (χ4v) is 3.48. The minimum absolute atomic E-state index is 0.192. The summed E-state index contributed by atoms with van der Waals surface area (Å²) in [5.74, 6) is 0.443. The van der Waals surface area contributed by atoms with Gasteiger partial charge in [0.15, 0.2) is 0 Å². The molecule has 0 saturated carbocycles. The molecule has 2 heterocycles. The zero-order chi connectivity index (χ0) is 22.1. The number of benzene rings is 3. The lowest BCUT2D eigenvalue weighted by atomic mass is 10.2. The van der Waals surface area contributed by atoms with Gasteiger partial charge in [-0.15, -0.1) is 5.10 Å². The molecule has 3 aromatic carbocycles. The molecule has 0 bridgehead atoms. The highest BCUT2D eigenvalue weighted by Gasteiger charge is 2.19. The number of nitrogens with one attached hydrogen (secondary N) is 1. The number of carbonyl (C=O) groups is 1. The van der Waals surface area contributed by atoms with Crippen molar-refractivity contribution in [2.45, 2.75) is 13.5 Å². The fourth-order valence-electron chi connectivity index (χ4n) is 3.48. The first-order valence-electron chi connectivity index (χ1n) is 10.1. The quantitative estimate of drug-likeness (QED) is 0.463. The molecule has 1 N–H and O–H groups in total. The maximum Gasteiger partial charge on any atom is 0.351 e. The van der Waals surface area contributed by atoms with Crippen LogP contribution < -0.4 is 15.7 Å². The van der Waals surface area contributed by atoms with Crippen molar-refractivity contribution in [3.05, 3.63) is 94.9 Å². The number of aryl methyl sites for hydroxylation is 1. The average Bonchev–Trinajstić information content (AvgIpc) is 3.12. The Hall–Kier alpha value is -4.46. The number of amides is 1. The molecule has 5 aromatic rings. The van der Waals surface area contributed by atoms with Gasteiger partial charge in [-0.05, 0) is 42.8 Å². The molecular formula is C24H19N5O3. The van der Waals surface area contributed by atoms with E-state index in [0.717, 1.165) is 10.2 Å². The minimum atomic E-state index is -0.448. The predicted octanol–water partition coefficient (Wildman–Crippen LogP) is 3.78. The molecule has 0 unspecified atom stereocenters. The van der Waals surface area contributed by atoms with E-state index in [9.17, 15) is 9.59 Å². The second-order valence-electron chi connectivity index (χ2n) is 7.29. The number of hydrogen-bond donors (Lipinski definition) is 1. The van der Waals surface area contributed by atoms with Gasteiger partial charge in [-0.2, -0.15) is 0 Å². The Balaban J connectivity index is 1.59. The molecule has 1 amide bonds. The lowest BCUT2D eigenvalue weighted by Crippen LogP contribution is -2.28. The third-order valence-corrected chi connectivity index (χ3v) is 5.03. The van der Waals surface area contributed by atoms with Gasteiger partial charge in [0.2, 0.25) is 11.6 Å². The summed E-state index contributed by atoms with van der Waals surface area (Å²) < 4.78 is 8.59. The van der Waals surface area contributed by atoms with Gasteiger partial charge < -0.3 is 10.1 Å². The van der Waals surface area contributed by atoms with Gasteiger partial charge in [0, 0.05) is 5.69 Å². The van der Waals surface area contributed by atoms with Crippen molar-refractivity contribution in [2.75, 3.05) is 5.32 Å². The van der Waals surface area contributed by atoms with Crippen LogP contribution in [-0.4, -0.2) is 25.1 Å². The van der Waals surface area contributed by atoms with Gasteiger partial charge >= 0.3 is 5.69 Å². The Kier molecular flexibility index (Phi) is 4.87. The van der Waals surface area contributed by atoms with Crippen molar-refractivity contribution in [1.82, 2.24) is 19.2 Å². The monoisotopic (exact) mass is 425 g/mol. The summed E-state index contributed by atoms with van der Waals surface area (Å²) >= 11 is 0. The van der Waals surface area contributed by atoms with E-state index >= 15 is 0 Å². The third-order valence-electron chi connectivity index (χ3n) is 5.03. The maximum absolute atomic E-state index is 13.2. The molecular weight excluding hydrogens is 406 g/mol. The summed E-state index contributed by atoms with van der Waals surface area (Å²) in [5.41, 5.74) is 2.52. The summed E-state index contributed by atoms with van der Waals surface area (Å²) in [7, 11) is 0. The van der Waals surface area contributed by atoms with Gasteiger partial charge in [-0.25, -0.2) is 18.9 Å². The van der Waals surface area contributed by atoms with Crippen LogP contribution in [0.15, 0.2) is 83.7 Å². The second kappa shape index (κ2) is 7.99. The van der Waals surface area contributed by atoms with Crippen molar-refractivity contribution >= 4 is 28.3 Å². The summed E-state index contributed by atoms with van der Waals surface area (Å²) in [4.78, 5) is 30.3. The van der Waals surface area contributed by atoms with Crippen LogP contribution in [0.4, 0.5) is 5.69 Å². The Bertz CT molecular complexity index is 1510. The van der Waals surface area contributed by atoms with Crippen LogP contribution in [0, 0.1) is 6.92 Å². The summed E-state index contributed by atoms with van der Waals surface area (Å²) in [5, 5.41) is 7.15. The number of para-hydroxylation sites is 4. The third kappa shape index (κ3) is 3.58. The lowest BCUT2D eigenvalue weighted by molar-refractivity contribution is -0.117. The van der Waals surface area contributed by atoms with E-state index in [0.29, 0.717) is 22.5 Å². The van der Waals surface area contributed by atoms with Crippen LogP contribution in [0.3, 0.4) is 0 Å². The van der Waals surface area contributed by atoms with Crippen LogP contribution in [-0.2, 0) is 11.3 Å². The highest BCUT2D eigenvalue weighted by atomic mass is 16.5. The molecule has 2 aromatic heterocycles. The molecule has 0 aliphatic carbocycles. The molecule has 5 rings (SSSR count). The van der Waals surface area contributed by atoms with Gasteiger partial charge in [-0.1, -0.05) is 48.5 Å². The van der Waals surface area contributed by atoms with E-state index in [1.807, 2.05) is 61.5 Å². The molecule has 0 aliphatic rings.